The molecule has 1 heterocycles. The Morgan fingerprint density at radius 2 is 1.62 bits per heavy atom. The number of hydrogen-bond donors (Lipinski definition) is 1. The van der Waals surface area contributed by atoms with Gasteiger partial charge in [-0.3, -0.25) is 4.79 Å². The zero-order chi connectivity index (χ0) is 18.5. The fraction of sp³-hybridized carbons (Fsp3) is 0.182. The van der Waals surface area contributed by atoms with Crippen molar-refractivity contribution in [2.75, 3.05) is 0 Å². The number of benzene rings is 2. The highest BCUT2D eigenvalue weighted by molar-refractivity contribution is 6.02. The number of para-hydroxylation sites is 1. The van der Waals surface area contributed by atoms with Gasteiger partial charge in [0, 0.05) is 17.1 Å². The Balaban J connectivity index is 1.86. The Morgan fingerprint density at radius 1 is 1.00 bits per heavy atom. The van der Waals surface area contributed by atoms with Crippen molar-refractivity contribution in [3.63, 3.8) is 0 Å². The molecule has 26 heavy (non-hydrogen) atoms. The molecule has 1 N–H and O–H groups in total. The van der Waals surface area contributed by atoms with Gasteiger partial charge in [0.1, 0.15) is 0 Å². The van der Waals surface area contributed by atoms with Crippen molar-refractivity contribution in [2.24, 2.45) is 5.10 Å². The number of hydrogen-bond acceptors (Lipinski definition) is 2. The average molecular weight is 345 g/mol. The first kappa shape index (κ1) is 17.7. The summed E-state index contributed by atoms with van der Waals surface area (Å²) in [6.07, 6.45) is 0.743. The molecule has 3 aromatic rings. The van der Waals surface area contributed by atoms with Crippen molar-refractivity contribution in [1.82, 2.24) is 9.99 Å². The lowest BCUT2D eigenvalue weighted by Gasteiger charge is -2.09. The number of amides is 1. The summed E-state index contributed by atoms with van der Waals surface area (Å²) in [5, 5.41) is 4.35. The first-order valence-corrected chi connectivity index (χ1v) is 8.78. The van der Waals surface area contributed by atoms with Crippen molar-refractivity contribution < 1.29 is 4.79 Å². The molecule has 0 fully saturated rings. The van der Waals surface area contributed by atoms with Gasteiger partial charge in [-0.15, -0.1) is 0 Å². The maximum atomic E-state index is 12.7. The molecule has 0 spiro atoms. The summed E-state index contributed by atoms with van der Waals surface area (Å²) in [5.74, 6) is -0.192. The molecule has 4 heteroatoms. The maximum Gasteiger partial charge on any atom is 0.273 e. The Hall–Kier alpha value is -3.14. The fourth-order valence-electron chi connectivity index (χ4n) is 3.12. The van der Waals surface area contributed by atoms with E-state index in [1.165, 1.54) is 0 Å². The van der Waals surface area contributed by atoms with Crippen LogP contribution in [0.1, 0.15) is 40.7 Å². The van der Waals surface area contributed by atoms with Gasteiger partial charge in [-0.25, -0.2) is 5.43 Å². The minimum Gasteiger partial charge on any atom is -0.318 e. The molecule has 3 rings (SSSR count). The fourth-order valence-corrected chi connectivity index (χ4v) is 3.12. The van der Waals surface area contributed by atoms with Crippen molar-refractivity contribution >= 4 is 11.6 Å². The summed E-state index contributed by atoms with van der Waals surface area (Å²) >= 11 is 0. The number of rotatable bonds is 5. The van der Waals surface area contributed by atoms with Gasteiger partial charge in [-0.2, -0.15) is 5.10 Å². The van der Waals surface area contributed by atoms with Crippen LogP contribution >= 0.6 is 0 Å². The summed E-state index contributed by atoms with van der Waals surface area (Å²) < 4.78 is 2.08. The minimum absolute atomic E-state index is 0.192. The third kappa shape index (κ3) is 3.59. The molecule has 2 aromatic carbocycles. The number of carbonyl (C=O) groups is 1. The number of hydrazone groups is 1. The van der Waals surface area contributed by atoms with Gasteiger partial charge in [-0.05, 0) is 44.0 Å². The van der Waals surface area contributed by atoms with Gasteiger partial charge >= 0.3 is 0 Å². The highest BCUT2D eigenvalue weighted by Crippen LogP contribution is 2.20. The molecule has 0 aliphatic rings. The number of nitrogens with one attached hydrogen (secondary N) is 1. The molecule has 0 radical (unpaired) electrons. The van der Waals surface area contributed by atoms with E-state index < -0.39 is 0 Å². The SMILES string of the molecule is CC/C(=N/NC(=O)c1cc(C)n(-c2ccccc2)c1C)c1ccccc1. The molecular weight excluding hydrogens is 322 g/mol. The van der Waals surface area contributed by atoms with Crippen LogP contribution in [0.4, 0.5) is 0 Å². The molecule has 1 amide bonds. The van der Waals surface area contributed by atoms with E-state index in [9.17, 15) is 4.79 Å². The third-order valence-corrected chi connectivity index (χ3v) is 4.42. The van der Waals surface area contributed by atoms with Crippen LogP contribution in [-0.2, 0) is 0 Å². The minimum atomic E-state index is -0.192. The molecule has 4 nitrogen and oxygen atoms in total. The third-order valence-electron chi connectivity index (χ3n) is 4.42. The summed E-state index contributed by atoms with van der Waals surface area (Å²) in [5.41, 5.74) is 8.19. The van der Waals surface area contributed by atoms with E-state index in [1.54, 1.807) is 0 Å². The summed E-state index contributed by atoms with van der Waals surface area (Å²) in [7, 11) is 0. The van der Waals surface area contributed by atoms with Crippen molar-refractivity contribution in [3.05, 3.63) is 89.2 Å². The van der Waals surface area contributed by atoms with Crippen molar-refractivity contribution in [1.29, 1.82) is 0 Å². The van der Waals surface area contributed by atoms with Crippen LogP contribution in [0.15, 0.2) is 71.8 Å². The molecule has 1 aromatic heterocycles. The highest BCUT2D eigenvalue weighted by atomic mass is 16.2. The molecule has 0 aliphatic heterocycles. The van der Waals surface area contributed by atoms with E-state index in [-0.39, 0.29) is 5.91 Å². The number of aryl methyl sites for hydroxylation is 1. The normalized spacial score (nSPS) is 11.4. The Morgan fingerprint density at radius 3 is 2.23 bits per heavy atom. The Labute approximate surface area is 154 Å². The zero-order valence-electron chi connectivity index (χ0n) is 15.4. The first-order chi connectivity index (χ1) is 12.6. The number of nitrogens with zero attached hydrogens (tertiary/aromatic N) is 2. The van der Waals surface area contributed by atoms with E-state index in [2.05, 4.69) is 15.1 Å². The zero-order valence-corrected chi connectivity index (χ0v) is 15.4. The number of aromatic nitrogens is 1. The second-order valence-electron chi connectivity index (χ2n) is 6.17. The standard InChI is InChI=1S/C22H23N3O/c1-4-21(18-11-7-5-8-12-18)23-24-22(26)20-15-16(2)25(17(20)3)19-13-9-6-10-14-19/h5-15H,4H2,1-3H3,(H,24,26)/b23-21-. The molecule has 0 atom stereocenters. The van der Waals surface area contributed by atoms with E-state index >= 15 is 0 Å². The quantitative estimate of drug-likeness (QED) is 0.531. The second-order valence-corrected chi connectivity index (χ2v) is 6.17. The van der Waals surface area contributed by atoms with Gasteiger partial charge in [0.25, 0.3) is 5.91 Å². The van der Waals surface area contributed by atoms with Gasteiger partial charge in [0.2, 0.25) is 0 Å². The first-order valence-electron chi connectivity index (χ1n) is 8.78. The second kappa shape index (κ2) is 7.83. The van der Waals surface area contributed by atoms with Gasteiger partial charge in [-0.1, -0.05) is 55.5 Å². The average Bonchev–Trinajstić information content (AvgIpc) is 2.98. The molecule has 0 bridgehead atoms. The lowest BCUT2D eigenvalue weighted by molar-refractivity contribution is 0.0954. The Bertz CT molecular complexity index is 925. The highest BCUT2D eigenvalue weighted by Gasteiger charge is 2.16. The summed E-state index contributed by atoms with van der Waals surface area (Å²) in [6.45, 7) is 5.98. The smallest absolute Gasteiger partial charge is 0.273 e. The molecule has 0 saturated carbocycles. The molecular formula is C22H23N3O. The monoisotopic (exact) mass is 345 g/mol. The maximum absolute atomic E-state index is 12.7. The van der Waals surface area contributed by atoms with Gasteiger partial charge < -0.3 is 4.57 Å². The van der Waals surface area contributed by atoms with Crippen LogP contribution < -0.4 is 5.43 Å². The van der Waals surface area contributed by atoms with E-state index in [4.69, 9.17) is 0 Å². The van der Waals surface area contributed by atoms with Crippen LogP contribution in [0.25, 0.3) is 5.69 Å². The predicted molar refractivity (Wildman–Crippen MR) is 106 cm³/mol. The van der Waals surface area contributed by atoms with Gasteiger partial charge in [0.05, 0.1) is 11.3 Å². The van der Waals surface area contributed by atoms with Gasteiger partial charge in [0.15, 0.2) is 0 Å². The lowest BCUT2D eigenvalue weighted by Crippen LogP contribution is -2.20. The van der Waals surface area contributed by atoms with E-state index in [0.29, 0.717) is 5.56 Å². The van der Waals surface area contributed by atoms with Crippen LogP contribution in [0.2, 0.25) is 0 Å². The molecule has 0 aliphatic carbocycles. The lowest BCUT2D eigenvalue weighted by atomic mass is 10.1. The van der Waals surface area contributed by atoms with Crippen LogP contribution in [0.5, 0.6) is 0 Å². The largest absolute Gasteiger partial charge is 0.318 e. The number of carbonyl (C=O) groups excluding carboxylic acids is 1. The van der Waals surface area contributed by atoms with Crippen molar-refractivity contribution in [3.8, 4) is 5.69 Å². The predicted octanol–water partition coefficient (Wildman–Crippen LogP) is 4.64. The summed E-state index contributed by atoms with van der Waals surface area (Å²) in [4.78, 5) is 12.7. The van der Waals surface area contributed by atoms with Crippen LogP contribution in [0, 0.1) is 13.8 Å². The van der Waals surface area contributed by atoms with Crippen LogP contribution in [0.3, 0.4) is 0 Å². The van der Waals surface area contributed by atoms with E-state index in [0.717, 1.165) is 34.8 Å². The Kier molecular flexibility index (Phi) is 5.32. The molecule has 0 saturated heterocycles. The summed E-state index contributed by atoms with van der Waals surface area (Å²) in [6, 6.07) is 21.8. The molecule has 0 unspecified atom stereocenters. The van der Waals surface area contributed by atoms with Crippen LogP contribution in [-0.4, -0.2) is 16.2 Å². The topological polar surface area (TPSA) is 46.4 Å². The van der Waals surface area contributed by atoms with Crippen molar-refractivity contribution in [2.45, 2.75) is 27.2 Å². The molecule has 132 valence electrons. The van der Waals surface area contributed by atoms with E-state index in [1.807, 2.05) is 87.5 Å².